The highest BCUT2D eigenvalue weighted by Gasteiger charge is 2.17. The van der Waals surface area contributed by atoms with Gasteiger partial charge in [0.05, 0.1) is 0 Å². The Kier molecular flexibility index (Phi) is 4.48. The van der Waals surface area contributed by atoms with Crippen molar-refractivity contribution in [3.63, 3.8) is 0 Å². The molecule has 1 aromatic carbocycles. The fraction of sp³-hybridized carbons (Fsp3) is 0.444. The van der Waals surface area contributed by atoms with E-state index in [4.69, 9.17) is 4.98 Å². The van der Waals surface area contributed by atoms with Crippen LogP contribution in [0.25, 0.3) is 0 Å². The lowest BCUT2D eigenvalue weighted by Gasteiger charge is -2.33. The van der Waals surface area contributed by atoms with E-state index in [1.807, 2.05) is 6.92 Å². The van der Waals surface area contributed by atoms with Gasteiger partial charge in [0.1, 0.15) is 5.82 Å². The normalized spacial score (nSPS) is 15.7. The summed E-state index contributed by atoms with van der Waals surface area (Å²) < 4.78 is 0. The Hall–Kier alpha value is -2.14. The summed E-state index contributed by atoms with van der Waals surface area (Å²) in [5.74, 6) is 1.69. The monoisotopic (exact) mass is 311 g/mol. The van der Waals surface area contributed by atoms with Crippen molar-refractivity contribution in [1.82, 2.24) is 14.9 Å². The van der Waals surface area contributed by atoms with Crippen molar-refractivity contribution < 1.29 is 0 Å². The second-order valence-corrected chi connectivity index (χ2v) is 6.37. The molecule has 5 heteroatoms. The minimum Gasteiger partial charge on any atom is -0.354 e. The Balaban J connectivity index is 1.86. The van der Waals surface area contributed by atoms with Crippen LogP contribution in [0.5, 0.6) is 0 Å². The molecule has 0 radical (unpaired) electrons. The number of para-hydroxylation sites is 1. The second kappa shape index (κ2) is 6.54. The van der Waals surface area contributed by atoms with Gasteiger partial charge in [0.15, 0.2) is 0 Å². The molecule has 5 nitrogen and oxygen atoms in total. The summed E-state index contributed by atoms with van der Waals surface area (Å²) in [6.07, 6.45) is 0. The van der Waals surface area contributed by atoms with Gasteiger partial charge < -0.3 is 15.1 Å². The van der Waals surface area contributed by atoms with Crippen molar-refractivity contribution in [1.29, 1.82) is 0 Å². The minimum atomic E-state index is 0.677. The molecule has 0 unspecified atom stereocenters. The molecule has 1 aliphatic rings. The van der Waals surface area contributed by atoms with E-state index in [-0.39, 0.29) is 0 Å². The third kappa shape index (κ3) is 3.62. The summed E-state index contributed by atoms with van der Waals surface area (Å²) in [4.78, 5) is 14.0. The molecule has 2 aromatic rings. The van der Waals surface area contributed by atoms with Crippen molar-refractivity contribution in [3.05, 3.63) is 41.1 Å². The lowest BCUT2D eigenvalue weighted by atomic mass is 10.1. The van der Waals surface area contributed by atoms with Crippen LogP contribution < -0.4 is 10.2 Å². The zero-order valence-electron chi connectivity index (χ0n) is 14.4. The molecule has 122 valence electrons. The van der Waals surface area contributed by atoms with Gasteiger partial charge in [0, 0.05) is 43.6 Å². The zero-order valence-corrected chi connectivity index (χ0v) is 14.4. The average Bonchev–Trinajstić information content (AvgIpc) is 2.51. The maximum Gasteiger partial charge on any atom is 0.229 e. The van der Waals surface area contributed by atoms with E-state index >= 15 is 0 Å². The van der Waals surface area contributed by atoms with Crippen molar-refractivity contribution in [2.75, 3.05) is 43.4 Å². The summed E-state index contributed by atoms with van der Waals surface area (Å²) in [5, 5.41) is 3.41. The van der Waals surface area contributed by atoms with Gasteiger partial charge in [-0.3, -0.25) is 0 Å². The molecule has 1 fully saturated rings. The first kappa shape index (κ1) is 15.7. The summed E-state index contributed by atoms with van der Waals surface area (Å²) in [7, 11) is 2.16. The van der Waals surface area contributed by atoms with E-state index in [1.165, 1.54) is 11.1 Å². The quantitative estimate of drug-likeness (QED) is 0.944. The van der Waals surface area contributed by atoms with Crippen molar-refractivity contribution in [3.8, 4) is 0 Å². The molecule has 1 saturated heterocycles. The lowest BCUT2D eigenvalue weighted by Crippen LogP contribution is -2.44. The lowest BCUT2D eigenvalue weighted by molar-refractivity contribution is 0.312. The fourth-order valence-electron chi connectivity index (χ4n) is 2.93. The first-order valence-electron chi connectivity index (χ1n) is 8.15. The van der Waals surface area contributed by atoms with Crippen LogP contribution in [-0.4, -0.2) is 48.1 Å². The molecule has 0 spiro atoms. The van der Waals surface area contributed by atoms with E-state index in [0.29, 0.717) is 5.95 Å². The van der Waals surface area contributed by atoms with Crippen LogP contribution in [-0.2, 0) is 0 Å². The number of nitrogens with zero attached hydrogens (tertiary/aromatic N) is 4. The first-order valence-corrected chi connectivity index (χ1v) is 8.15. The number of piperazine rings is 1. The molecule has 1 aliphatic heterocycles. The van der Waals surface area contributed by atoms with Crippen molar-refractivity contribution >= 4 is 17.5 Å². The van der Waals surface area contributed by atoms with E-state index in [1.54, 1.807) is 0 Å². The van der Waals surface area contributed by atoms with Crippen LogP contribution in [0.1, 0.15) is 16.8 Å². The molecular weight excluding hydrogens is 286 g/mol. The highest BCUT2D eigenvalue weighted by Crippen LogP contribution is 2.24. The Labute approximate surface area is 138 Å². The molecule has 0 amide bonds. The van der Waals surface area contributed by atoms with Crippen molar-refractivity contribution in [2.45, 2.75) is 20.8 Å². The molecule has 0 atom stereocenters. The van der Waals surface area contributed by atoms with Gasteiger partial charge >= 0.3 is 0 Å². The van der Waals surface area contributed by atoms with Crippen LogP contribution in [0, 0.1) is 20.8 Å². The summed E-state index contributed by atoms with van der Waals surface area (Å²) >= 11 is 0. The molecule has 0 aliphatic carbocycles. The number of aromatic nitrogens is 2. The van der Waals surface area contributed by atoms with Crippen LogP contribution in [0.2, 0.25) is 0 Å². The maximum atomic E-state index is 4.74. The third-order valence-corrected chi connectivity index (χ3v) is 4.39. The molecule has 2 heterocycles. The molecule has 1 aromatic heterocycles. The Morgan fingerprint density at radius 3 is 2.26 bits per heavy atom. The topological polar surface area (TPSA) is 44.3 Å². The van der Waals surface area contributed by atoms with E-state index < -0.39 is 0 Å². The predicted octanol–water partition coefficient (Wildman–Crippen LogP) is 2.90. The first-order chi connectivity index (χ1) is 11.0. The summed E-state index contributed by atoms with van der Waals surface area (Å²) in [6.45, 7) is 10.4. The average molecular weight is 311 g/mol. The summed E-state index contributed by atoms with van der Waals surface area (Å²) in [5.41, 5.74) is 4.50. The van der Waals surface area contributed by atoms with Gasteiger partial charge in [-0.25, -0.2) is 4.98 Å². The second-order valence-electron chi connectivity index (χ2n) is 6.37. The summed E-state index contributed by atoms with van der Waals surface area (Å²) in [6, 6.07) is 8.35. The number of hydrogen-bond donors (Lipinski definition) is 1. The fourth-order valence-corrected chi connectivity index (χ4v) is 2.93. The number of rotatable bonds is 3. The van der Waals surface area contributed by atoms with Crippen LogP contribution in [0.3, 0.4) is 0 Å². The van der Waals surface area contributed by atoms with E-state index in [0.717, 1.165) is 43.4 Å². The highest BCUT2D eigenvalue weighted by molar-refractivity contribution is 5.63. The number of likely N-dealkylation sites (N-methyl/N-ethyl adjacent to an activating group) is 1. The molecule has 1 N–H and O–H groups in total. The largest absolute Gasteiger partial charge is 0.354 e. The van der Waals surface area contributed by atoms with Gasteiger partial charge in [-0.2, -0.15) is 4.98 Å². The Morgan fingerprint density at radius 2 is 1.61 bits per heavy atom. The highest BCUT2D eigenvalue weighted by atomic mass is 15.3. The molecule has 0 bridgehead atoms. The molecule has 0 saturated carbocycles. The molecule has 3 rings (SSSR count). The van der Waals surface area contributed by atoms with Gasteiger partial charge in [-0.1, -0.05) is 18.2 Å². The smallest absolute Gasteiger partial charge is 0.229 e. The van der Waals surface area contributed by atoms with Crippen LogP contribution in [0.4, 0.5) is 17.5 Å². The van der Waals surface area contributed by atoms with Gasteiger partial charge in [0.2, 0.25) is 5.95 Å². The standard InChI is InChI=1S/C18H25N5/c1-13-6-5-7-14(2)17(13)21-18-19-15(3)12-16(20-18)23-10-8-22(4)9-11-23/h5-7,12H,8-11H2,1-4H3,(H,19,20,21). The number of hydrogen-bond acceptors (Lipinski definition) is 5. The Bertz CT molecular complexity index is 670. The molecule has 23 heavy (non-hydrogen) atoms. The van der Waals surface area contributed by atoms with Crippen LogP contribution >= 0.6 is 0 Å². The zero-order chi connectivity index (χ0) is 16.4. The SMILES string of the molecule is Cc1cc(N2CCN(C)CC2)nc(Nc2c(C)cccc2C)n1. The van der Waals surface area contributed by atoms with Gasteiger partial charge in [-0.05, 0) is 38.9 Å². The van der Waals surface area contributed by atoms with Crippen molar-refractivity contribution in [2.24, 2.45) is 0 Å². The van der Waals surface area contributed by atoms with Gasteiger partial charge in [-0.15, -0.1) is 0 Å². The number of anilines is 3. The minimum absolute atomic E-state index is 0.677. The maximum absolute atomic E-state index is 4.74. The van der Waals surface area contributed by atoms with Gasteiger partial charge in [0.25, 0.3) is 0 Å². The Morgan fingerprint density at radius 1 is 0.957 bits per heavy atom. The predicted molar refractivity (Wildman–Crippen MR) is 95.7 cm³/mol. The van der Waals surface area contributed by atoms with Crippen LogP contribution in [0.15, 0.2) is 24.3 Å². The van der Waals surface area contributed by atoms with E-state index in [2.05, 4.69) is 65.3 Å². The number of aryl methyl sites for hydroxylation is 3. The third-order valence-electron chi connectivity index (χ3n) is 4.39. The number of benzene rings is 1. The number of nitrogens with one attached hydrogen (secondary N) is 1. The molecular formula is C18H25N5. The van der Waals surface area contributed by atoms with E-state index in [9.17, 15) is 0 Å².